The minimum atomic E-state index is -4.43. The van der Waals surface area contributed by atoms with Crippen molar-refractivity contribution in [1.29, 1.82) is 0 Å². The maximum Gasteiger partial charge on any atom is 0.416 e. The normalized spacial score (nSPS) is 16.6. The van der Waals surface area contributed by atoms with Crippen molar-refractivity contribution in [3.8, 4) is 0 Å². The molecule has 0 aliphatic carbocycles. The number of methoxy groups -OCH3 is 1. The Morgan fingerprint density at radius 3 is 2.62 bits per heavy atom. The predicted octanol–water partition coefficient (Wildman–Crippen LogP) is 6.51. The second-order valence-corrected chi connectivity index (χ2v) is 9.63. The molecule has 1 aliphatic rings. The van der Waals surface area contributed by atoms with Crippen molar-refractivity contribution >= 4 is 40.0 Å². The Hall–Kier alpha value is -2.22. The smallest absolute Gasteiger partial charge is 0.384 e. The number of hydrogen-bond donors (Lipinski definition) is 0. The molecule has 0 N–H and O–H groups in total. The molecule has 0 bridgehead atoms. The molecule has 1 fully saturated rings. The van der Waals surface area contributed by atoms with Gasteiger partial charge in [-0.25, -0.2) is 0 Å². The second-order valence-electron chi connectivity index (χ2n) is 8.84. The molecule has 0 radical (unpaired) electrons. The quantitative estimate of drug-likeness (QED) is 0.390. The second kappa shape index (κ2) is 9.44. The van der Waals surface area contributed by atoms with Gasteiger partial charge in [0.05, 0.1) is 22.8 Å². The van der Waals surface area contributed by atoms with Gasteiger partial charge >= 0.3 is 6.18 Å². The van der Waals surface area contributed by atoms with Crippen LogP contribution in [0.2, 0.25) is 10.0 Å². The molecule has 3 aromatic rings. The fourth-order valence-corrected chi connectivity index (χ4v) is 5.25. The van der Waals surface area contributed by atoms with Crippen LogP contribution in [-0.4, -0.2) is 42.2 Å². The number of nitrogens with zero attached hydrogens (tertiary/aromatic N) is 2. The summed E-state index contributed by atoms with van der Waals surface area (Å²) in [6, 6.07) is 7.43. The zero-order chi connectivity index (χ0) is 24.8. The van der Waals surface area contributed by atoms with Crippen molar-refractivity contribution < 1.29 is 22.7 Å². The Morgan fingerprint density at radius 1 is 1.21 bits per heavy atom. The van der Waals surface area contributed by atoms with Gasteiger partial charge in [0.15, 0.2) is 0 Å². The minimum absolute atomic E-state index is 0.163. The predicted molar refractivity (Wildman–Crippen MR) is 128 cm³/mol. The van der Waals surface area contributed by atoms with Crippen LogP contribution >= 0.6 is 23.2 Å². The third-order valence-corrected chi connectivity index (χ3v) is 7.33. The number of amides is 1. The summed E-state index contributed by atoms with van der Waals surface area (Å²) in [6.07, 6.45) is -3.29. The van der Waals surface area contributed by atoms with E-state index < -0.39 is 11.7 Å². The van der Waals surface area contributed by atoms with E-state index in [2.05, 4.69) is 0 Å². The summed E-state index contributed by atoms with van der Waals surface area (Å²) in [5.74, 6) is 0.129. The summed E-state index contributed by atoms with van der Waals surface area (Å²) in [6.45, 7) is 3.49. The largest absolute Gasteiger partial charge is 0.416 e. The van der Waals surface area contributed by atoms with Gasteiger partial charge < -0.3 is 14.2 Å². The van der Waals surface area contributed by atoms with Crippen molar-refractivity contribution in [3.05, 3.63) is 68.3 Å². The first-order valence-corrected chi connectivity index (χ1v) is 11.7. The van der Waals surface area contributed by atoms with Crippen LogP contribution in [0.4, 0.5) is 13.2 Å². The van der Waals surface area contributed by atoms with Gasteiger partial charge in [-0.3, -0.25) is 4.79 Å². The van der Waals surface area contributed by atoms with Gasteiger partial charge in [-0.2, -0.15) is 13.2 Å². The molecule has 1 saturated heterocycles. The lowest BCUT2D eigenvalue weighted by Gasteiger charge is -2.19. The van der Waals surface area contributed by atoms with Gasteiger partial charge in [-0.05, 0) is 54.8 Å². The van der Waals surface area contributed by atoms with Crippen molar-refractivity contribution in [2.75, 3.05) is 26.8 Å². The SMILES string of the molecule is COC[C@H]1CCN(C(=O)c2ccc(Cl)c(Cc3cc4c(C)cc(C(F)(F)F)cc4n3C)c2Cl)C1. The first-order valence-electron chi connectivity index (χ1n) is 10.9. The van der Waals surface area contributed by atoms with Gasteiger partial charge in [-0.1, -0.05) is 23.2 Å². The Kier molecular flexibility index (Phi) is 6.91. The first-order chi connectivity index (χ1) is 16.0. The van der Waals surface area contributed by atoms with Crippen LogP contribution in [0.3, 0.4) is 0 Å². The van der Waals surface area contributed by atoms with E-state index in [1.165, 1.54) is 0 Å². The third kappa shape index (κ3) is 4.66. The highest BCUT2D eigenvalue weighted by Gasteiger charge is 2.32. The van der Waals surface area contributed by atoms with Gasteiger partial charge in [0, 0.05) is 61.2 Å². The maximum absolute atomic E-state index is 13.3. The molecule has 2 heterocycles. The molecule has 9 heteroatoms. The molecule has 0 spiro atoms. The molecule has 1 aromatic heterocycles. The lowest BCUT2D eigenvalue weighted by Crippen LogP contribution is -2.29. The summed E-state index contributed by atoms with van der Waals surface area (Å²) in [7, 11) is 3.36. The highest BCUT2D eigenvalue weighted by molar-refractivity contribution is 6.38. The molecule has 4 nitrogen and oxygen atoms in total. The summed E-state index contributed by atoms with van der Waals surface area (Å²) in [5.41, 5.74) is 2.00. The number of ether oxygens (including phenoxy) is 1. The average Bonchev–Trinajstić information content (AvgIpc) is 3.36. The molecule has 34 heavy (non-hydrogen) atoms. The number of rotatable bonds is 5. The summed E-state index contributed by atoms with van der Waals surface area (Å²) < 4.78 is 46.9. The number of carbonyl (C=O) groups is 1. The highest BCUT2D eigenvalue weighted by Crippen LogP contribution is 2.36. The molecular formula is C25H25Cl2F3N2O2. The monoisotopic (exact) mass is 512 g/mol. The molecule has 0 unspecified atom stereocenters. The van der Waals surface area contributed by atoms with E-state index >= 15 is 0 Å². The zero-order valence-electron chi connectivity index (χ0n) is 19.1. The Bertz CT molecular complexity index is 1250. The number of likely N-dealkylation sites (tertiary alicyclic amines) is 1. The van der Waals surface area contributed by atoms with Crippen LogP contribution in [0.25, 0.3) is 10.9 Å². The summed E-state index contributed by atoms with van der Waals surface area (Å²) in [4.78, 5) is 14.9. The van der Waals surface area contributed by atoms with Crippen molar-refractivity contribution in [1.82, 2.24) is 9.47 Å². The van der Waals surface area contributed by atoms with Crippen LogP contribution in [0.15, 0.2) is 30.3 Å². The maximum atomic E-state index is 13.3. The van der Waals surface area contributed by atoms with Crippen molar-refractivity contribution in [3.63, 3.8) is 0 Å². The van der Waals surface area contributed by atoms with Crippen molar-refractivity contribution in [2.45, 2.75) is 25.9 Å². The van der Waals surface area contributed by atoms with E-state index in [4.69, 9.17) is 27.9 Å². The number of aryl methyl sites for hydroxylation is 2. The van der Waals surface area contributed by atoms with Gasteiger partial charge in [0.25, 0.3) is 5.91 Å². The van der Waals surface area contributed by atoms with E-state index in [1.54, 1.807) is 42.7 Å². The Labute approximate surface area is 206 Å². The van der Waals surface area contributed by atoms with Crippen LogP contribution in [-0.2, 0) is 24.4 Å². The molecule has 1 atom stereocenters. The number of aromatic nitrogens is 1. The van der Waals surface area contributed by atoms with Gasteiger partial charge in [0.2, 0.25) is 0 Å². The number of carbonyl (C=O) groups excluding carboxylic acids is 1. The van der Waals surface area contributed by atoms with Crippen LogP contribution in [0.5, 0.6) is 0 Å². The first kappa shape index (κ1) is 24.9. The topological polar surface area (TPSA) is 34.5 Å². The van der Waals surface area contributed by atoms with E-state index in [9.17, 15) is 18.0 Å². The van der Waals surface area contributed by atoms with Crippen LogP contribution in [0.1, 0.15) is 39.2 Å². The van der Waals surface area contributed by atoms with Gasteiger partial charge in [-0.15, -0.1) is 0 Å². The molecular weight excluding hydrogens is 488 g/mol. The molecule has 4 rings (SSSR count). The fraction of sp³-hybridized carbons (Fsp3) is 0.400. The highest BCUT2D eigenvalue weighted by atomic mass is 35.5. The lowest BCUT2D eigenvalue weighted by atomic mass is 10.0. The van der Waals surface area contributed by atoms with E-state index in [0.717, 1.165) is 29.6 Å². The third-order valence-electron chi connectivity index (χ3n) is 6.55. The number of halogens is 5. The molecule has 1 amide bonds. The van der Waals surface area contributed by atoms with Crippen LogP contribution in [0, 0.1) is 12.8 Å². The Morgan fingerprint density at radius 2 is 1.94 bits per heavy atom. The number of fused-ring (bicyclic) bond motifs is 1. The van der Waals surface area contributed by atoms with Crippen LogP contribution < -0.4 is 0 Å². The van der Waals surface area contributed by atoms with E-state index in [-0.39, 0.29) is 17.4 Å². The average molecular weight is 513 g/mol. The van der Waals surface area contributed by atoms with Crippen molar-refractivity contribution in [2.24, 2.45) is 13.0 Å². The summed E-state index contributed by atoms with van der Waals surface area (Å²) in [5, 5.41) is 1.40. The lowest BCUT2D eigenvalue weighted by molar-refractivity contribution is -0.137. The molecule has 0 saturated carbocycles. The standard InChI is InChI=1S/C25H25Cl2F3N2O2/c1-14-8-16(25(28,29)30)9-22-19(14)10-17(31(22)2)11-20-21(26)5-4-18(23(20)27)24(33)32-7-6-15(12-32)13-34-3/h4-5,8-10,15H,6-7,11-13H2,1-3H3/t15-/m0/s1. The Balaban J connectivity index is 1.68. The van der Waals surface area contributed by atoms with E-state index in [0.29, 0.717) is 52.8 Å². The van der Waals surface area contributed by atoms with Gasteiger partial charge in [0.1, 0.15) is 0 Å². The number of benzene rings is 2. The number of hydrogen-bond acceptors (Lipinski definition) is 2. The zero-order valence-corrected chi connectivity index (χ0v) is 20.6. The fourth-order valence-electron chi connectivity index (χ4n) is 4.66. The number of alkyl halides is 3. The van der Waals surface area contributed by atoms with E-state index in [1.807, 2.05) is 6.07 Å². The summed E-state index contributed by atoms with van der Waals surface area (Å²) >= 11 is 13.2. The molecule has 182 valence electrons. The molecule has 2 aromatic carbocycles. The molecule has 1 aliphatic heterocycles. The minimum Gasteiger partial charge on any atom is -0.384 e.